The Balaban J connectivity index is 1.21. The van der Waals surface area contributed by atoms with Gasteiger partial charge in [0.2, 0.25) is 0 Å². The van der Waals surface area contributed by atoms with Gasteiger partial charge in [0.25, 0.3) is 0 Å². The van der Waals surface area contributed by atoms with Gasteiger partial charge < -0.3 is 0 Å². The maximum atomic E-state index is 2.59. The molecule has 0 amide bonds. The largest absolute Gasteiger partial charge is 0.114 e. The van der Waals surface area contributed by atoms with Crippen LogP contribution in [0.2, 0.25) is 13.1 Å². The molecule has 55 heavy (non-hydrogen) atoms. The lowest BCUT2D eigenvalue weighted by Crippen LogP contribution is -2.49. The molecule has 13 rings (SSSR count). The number of hydrogen-bond acceptors (Lipinski definition) is 0. The highest BCUT2D eigenvalue weighted by Crippen LogP contribution is 2.54. The lowest BCUT2D eigenvalue weighted by atomic mass is 9.82. The summed E-state index contributed by atoms with van der Waals surface area (Å²) in [6.45, 7) is 5.17. The van der Waals surface area contributed by atoms with Crippen LogP contribution in [0.1, 0.15) is 24.0 Å². The van der Waals surface area contributed by atoms with E-state index in [4.69, 9.17) is 0 Å². The van der Waals surface area contributed by atoms with Crippen molar-refractivity contribution in [2.75, 3.05) is 0 Å². The topological polar surface area (TPSA) is 0 Å². The van der Waals surface area contributed by atoms with E-state index in [0.717, 1.165) is 12.8 Å². The molecule has 0 saturated carbocycles. The first-order chi connectivity index (χ1) is 27.1. The summed E-state index contributed by atoms with van der Waals surface area (Å²) >= 11 is 0. The van der Waals surface area contributed by atoms with Gasteiger partial charge in [-0.2, -0.15) is 0 Å². The first-order valence-corrected chi connectivity index (χ1v) is 22.8. The number of fused-ring (bicyclic) bond motifs is 11. The molecular formula is C54H36Si. The van der Waals surface area contributed by atoms with Gasteiger partial charge in [-0.15, -0.1) is 0 Å². The fourth-order valence-electron chi connectivity index (χ4n) is 11.4. The normalized spacial score (nSPS) is 15.3. The van der Waals surface area contributed by atoms with Gasteiger partial charge in [0.15, 0.2) is 0 Å². The minimum absolute atomic E-state index is 1.11. The van der Waals surface area contributed by atoms with E-state index in [1.165, 1.54) is 121 Å². The van der Waals surface area contributed by atoms with Crippen molar-refractivity contribution >= 4 is 72.7 Å². The molecular weight excluding hydrogens is 677 g/mol. The van der Waals surface area contributed by atoms with E-state index in [1.807, 2.05) is 0 Å². The molecule has 0 N–H and O–H groups in total. The van der Waals surface area contributed by atoms with Gasteiger partial charge >= 0.3 is 0 Å². The fraction of sp³-hybridized carbons (Fsp3) is 0.0741. The average molecular weight is 713 g/mol. The average Bonchev–Trinajstić information content (AvgIpc) is 3.83. The minimum Gasteiger partial charge on any atom is -0.0836 e. The summed E-state index contributed by atoms with van der Waals surface area (Å²) in [6, 6.07) is 56.2. The van der Waals surface area contributed by atoms with E-state index in [2.05, 4.69) is 171 Å². The monoisotopic (exact) mass is 712 g/mol. The Morgan fingerprint density at radius 3 is 1.71 bits per heavy atom. The van der Waals surface area contributed by atoms with Crippen LogP contribution >= 0.6 is 0 Å². The van der Waals surface area contributed by atoms with Crippen molar-refractivity contribution in [3.63, 3.8) is 0 Å². The smallest absolute Gasteiger partial charge is 0.0836 e. The Morgan fingerprint density at radius 1 is 0.382 bits per heavy atom. The molecule has 0 spiro atoms. The molecule has 0 atom stereocenters. The highest BCUT2D eigenvalue weighted by Gasteiger charge is 2.40. The summed E-state index contributed by atoms with van der Waals surface area (Å²) in [5.74, 6) is 0. The van der Waals surface area contributed by atoms with Crippen molar-refractivity contribution in [3.8, 4) is 55.6 Å². The molecule has 0 aromatic heterocycles. The van der Waals surface area contributed by atoms with Crippen molar-refractivity contribution in [1.82, 2.24) is 0 Å². The van der Waals surface area contributed by atoms with Gasteiger partial charge in [0.1, 0.15) is 8.07 Å². The third-order valence-electron chi connectivity index (χ3n) is 13.6. The lowest BCUT2D eigenvalue weighted by Gasteiger charge is -2.26. The zero-order chi connectivity index (χ0) is 36.2. The SMILES string of the molecule is C[Si]1(C)c2ccccc2-c2ccc3c(-c4ccc5c6c(cccc46)-c4ccccc4-5)c4ccccc4c(-c4ccc5c6c(cccc46)C4=C5CCC=C4)c3c21. The van der Waals surface area contributed by atoms with Gasteiger partial charge in [0, 0.05) is 0 Å². The molecule has 0 radical (unpaired) electrons. The Bertz CT molecular complexity index is 3300. The zero-order valence-electron chi connectivity index (χ0n) is 30.9. The molecule has 0 bridgehead atoms. The van der Waals surface area contributed by atoms with Crippen LogP contribution in [-0.2, 0) is 0 Å². The van der Waals surface area contributed by atoms with Crippen LogP contribution in [-0.4, -0.2) is 8.07 Å². The van der Waals surface area contributed by atoms with Crippen molar-refractivity contribution in [3.05, 3.63) is 169 Å². The van der Waals surface area contributed by atoms with Crippen molar-refractivity contribution in [2.24, 2.45) is 0 Å². The van der Waals surface area contributed by atoms with E-state index >= 15 is 0 Å². The van der Waals surface area contributed by atoms with Gasteiger partial charge in [-0.1, -0.05) is 171 Å². The number of benzene rings is 9. The molecule has 0 unspecified atom stereocenters. The molecule has 1 aliphatic heterocycles. The molecule has 0 nitrogen and oxygen atoms in total. The third kappa shape index (κ3) is 3.68. The van der Waals surface area contributed by atoms with Gasteiger partial charge in [0.05, 0.1) is 0 Å². The first-order valence-electron chi connectivity index (χ1n) is 19.8. The quantitative estimate of drug-likeness (QED) is 0.124. The van der Waals surface area contributed by atoms with Crippen LogP contribution < -0.4 is 10.4 Å². The molecule has 1 heterocycles. The summed E-state index contributed by atoms with van der Waals surface area (Å²) in [5, 5.41) is 14.1. The molecule has 3 aliphatic carbocycles. The van der Waals surface area contributed by atoms with E-state index in [1.54, 1.807) is 10.4 Å². The van der Waals surface area contributed by atoms with Crippen LogP contribution in [0.3, 0.4) is 0 Å². The van der Waals surface area contributed by atoms with Crippen LogP contribution in [0, 0.1) is 0 Å². The summed E-state index contributed by atoms with van der Waals surface area (Å²) in [4.78, 5) is 0. The van der Waals surface area contributed by atoms with E-state index in [0.29, 0.717) is 0 Å². The fourth-order valence-corrected chi connectivity index (χ4v) is 14.9. The Hall–Kier alpha value is -6.28. The maximum Gasteiger partial charge on any atom is 0.114 e. The Labute approximate surface area is 321 Å². The number of hydrogen-bond donors (Lipinski definition) is 0. The first kappa shape index (κ1) is 30.1. The van der Waals surface area contributed by atoms with Crippen molar-refractivity contribution < 1.29 is 0 Å². The third-order valence-corrected chi connectivity index (χ3v) is 17.2. The van der Waals surface area contributed by atoms with Crippen molar-refractivity contribution in [2.45, 2.75) is 25.9 Å². The van der Waals surface area contributed by atoms with Gasteiger partial charge in [-0.3, -0.25) is 0 Å². The molecule has 256 valence electrons. The zero-order valence-corrected chi connectivity index (χ0v) is 31.9. The van der Waals surface area contributed by atoms with Gasteiger partial charge in [-0.05, 0) is 144 Å². The second-order valence-electron chi connectivity index (χ2n) is 16.5. The summed E-state index contributed by atoms with van der Waals surface area (Å²) in [5.41, 5.74) is 19.4. The van der Waals surface area contributed by atoms with Crippen LogP contribution in [0.15, 0.2) is 158 Å². The van der Waals surface area contributed by atoms with Crippen LogP contribution in [0.5, 0.6) is 0 Å². The molecule has 1 heteroatoms. The molecule has 4 aliphatic rings. The number of allylic oxidation sites excluding steroid dienone is 4. The lowest BCUT2D eigenvalue weighted by molar-refractivity contribution is 1.06. The summed E-state index contributed by atoms with van der Waals surface area (Å²) < 4.78 is 0. The maximum absolute atomic E-state index is 2.59. The molecule has 9 aromatic carbocycles. The van der Waals surface area contributed by atoms with E-state index < -0.39 is 8.07 Å². The molecule has 0 saturated heterocycles. The van der Waals surface area contributed by atoms with Crippen LogP contribution in [0.4, 0.5) is 0 Å². The van der Waals surface area contributed by atoms with Crippen LogP contribution in [0.25, 0.3) is 110 Å². The number of rotatable bonds is 2. The standard InChI is InChI=1S/C54H36Si/c1-55(2)48-24-10-9-17-35(48)46-29-30-47-51(44-27-25-42-33-15-5-3-13-31(33)36-20-11-22-39(44)49(36)42)38-18-7-8-19-41(38)52(53(47)54(46)55)45-28-26-43-34-16-6-4-14-32(34)37-21-12-23-40(45)50(37)43/h3-5,7-15,17-30H,6,16H2,1-2H3. The van der Waals surface area contributed by atoms with Gasteiger partial charge in [-0.25, -0.2) is 0 Å². The second kappa shape index (κ2) is 10.5. The molecule has 0 fully saturated rings. The Morgan fingerprint density at radius 2 is 0.927 bits per heavy atom. The predicted molar refractivity (Wildman–Crippen MR) is 239 cm³/mol. The predicted octanol–water partition coefficient (Wildman–Crippen LogP) is 13.7. The van der Waals surface area contributed by atoms with E-state index in [-0.39, 0.29) is 0 Å². The highest BCUT2D eigenvalue weighted by molar-refractivity contribution is 7.05. The summed E-state index contributed by atoms with van der Waals surface area (Å²) in [7, 11) is -2.15. The Kier molecular flexibility index (Phi) is 5.73. The van der Waals surface area contributed by atoms with Crippen molar-refractivity contribution in [1.29, 1.82) is 0 Å². The second-order valence-corrected chi connectivity index (χ2v) is 20.8. The minimum atomic E-state index is -2.15. The summed E-state index contributed by atoms with van der Waals surface area (Å²) in [6.07, 6.45) is 6.96. The highest BCUT2D eigenvalue weighted by atomic mass is 28.3. The van der Waals surface area contributed by atoms with E-state index in [9.17, 15) is 0 Å². The molecule has 9 aromatic rings.